The van der Waals surface area contributed by atoms with Gasteiger partial charge in [-0.25, -0.2) is 0 Å². The highest BCUT2D eigenvalue weighted by atomic mass is 79.9. The molecule has 2 unspecified atom stereocenters. The van der Waals surface area contributed by atoms with Crippen molar-refractivity contribution in [3.63, 3.8) is 0 Å². The number of methoxy groups -OCH3 is 1. The van der Waals surface area contributed by atoms with Crippen molar-refractivity contribution in [2.75, 3.05) is 20.2 Å². The number of hydrogen-bond donors (Lipinski definition) is 1. The van der Waals surface area contributed by atoms with Crippen LogP contribution in [0.1, 0.15) is 50.8 Å². The molecule has 0 bridgehead atoms. The predicted molar refractivity (Wildman–Crippen MR) is 94.2 cm³/mol. The number of hydrogen-bond acceptors (Lipinski definition) is 4. The second-order valence-electron chi connectivity index (χ2n) is 7.50. The molecule has 1 fully saturated rings. The lowest BCUT2D eigenvalue weighted by molar-refractivity contribution is -0.0971. The monoisotopic (exact) mass is 383 g/mol. The summed E-state index contributed by atoms with van der Waals surface area (Å²) < 4.78 is 12.3. The molecule has 4 nitrogen and oxygen atoms in total. The molecular weight excluding hydrogens is 358 g/mol. The van der Waals surface area contributed by atoms with Crippen molar-refractivity contribution in [1.82, 2.24) is 4.90 Å². The second kappa shape index (κ2) is 6.26. The number of aromatic hydroxyl groups is 1. The molecule has 2 heterocycles. The topological polar surface area (TPSA) is 41.9 Å². The number of ether oxygens (including phenoxy) is 2. The van der Waals surface area contributed by atoms with E-state index < -0.39 is 0 Å². The number of rotatable bonds is 2. The first kappa shape index (κ1) is 17.1. The van der Waals surface area contributed by atoms with Gasteiger partial charge in [-0.1, -0.05) is 0 Å². The largest absolute Gasteiger partial charge is 0.503 e. The van der Waals surface area contributed by atoms with Crippen molar-refractivity contribution in [2.45, 2.75) is 57.8 Å². The van der Waals surface area contributed by atoms with Crippen molar-refractivity contribution < 1.29 is 14.6 Å². The molecule has 0 saturated carbocycles. The van der Waals surface area contributed by atoms with Crippen LogP contribution >= 0.6 is 15.9 Å². The minimum atomic E-state index is -0.0940. The van der Waals surface area contributed by atoms with E-state index in [0.29, 0.717) is 17.9 Å². The first-order valence-corrected chi connectivity index (χ1v) is 9.09. The van der Waals surface area contributed by atoms with Crippen LogP contribution in [0, 0.1) is 0 Å². The van der Waals surface area contributed by atoms with Crippen LogP contribution in [0.5, 0.6) is 11.5 Å². The van der Waals surface area contributed by atoms with Crippen LogP contribution in [0.15, 0.2) is 10.5 Å². The van der Waals surface area contributed by atoms with Crippen molar-refractivity contribution >= 4 is 15.9 Å². The highest BCUT2D eigenvalue weighted by Crippen LogP contribution is 2.46. The number of nitrogens with zero attached hydrogens (tertiary/aromatic N) is 1. The molecule has 0 spiro atoms. The van der Waals surface area contributed by atoms with E-state index in [1.807, 2.05) is 6.07 Å². The van der Waals surface area contributed by atoms with E-state index >= 15 is 0 Å². The van der Waals surface area contributed by atoms with Gasteiger partial charge in [-0.2, -0.15) is 0 Å². The first-order valence-electron chi connectivity index (χ1n) is 8.30. The molecule has 2 aliphatic heterocycles. The Bertz CT molecular complexity index is 597. The fraction of sp³-hybridized carbons (Fsp3) is 0.667. The molecule has 2 aliphatic rings. The summed E-state index contributed by atoms with van der Waals surface area (Å²) >= 11 is 3.55. The summed E-state index contributed by atoms with van der Waals surface area (Å²) in [5.41, 5.74) is 2.41. The number of piperidine rings is 1. The Labute approximate surface area is 146 Å². The number of fused-ring (bicyclic) bond motifs is 3. The van der Waals surface area contributed by atoms with Crippen LogP contribution in [0.3, 0.4) is 0 Å². The molecule has 1 aromatic carbocycles. The van der Waals surface area contributed by atoms with Gasteiger partial charge in [-0.3, -0.25) is 4.90 Å². The van der Waals surface area contributed by atoms with Gasteiger partial charge in [0.05, 0.1) is 23.3 Å². The lowest BCUT2D eigenvalue weighted by atomic mass is 9.85. The Morgan fingerprint density at radius 1 is 1.30 bits per heavy atom. The number of benzene rings is 1. The molecule has 128 valence electrons. The Balaban J connectivity index is 1.85. The summed E-state index contributed by atoms with van der Waals surface area (Å²) in [6.07, 6.45) is 3.38. The second-order valence-corrected chi connectivity index (χ2v) is 8.29. The summed E-state index contributed by atoms with van der Waals surface area (Å²) in [4.78, 5) is 2.52. The van der Waals surface area contributed by atoms with Gasteiger partial charge in [0.2, 0.25) is 0 Å². The van der Waals surface area contributed by atoms with Crippen LogP contribution in [0.2, 0.25) is 0 Å². The molecular formula is C18H26BrNO3. The normalized spacial score (nSPS) is 24.9. The molecule has 0 amide bonds. The summed E-state index contributed by atoms with van der Waals surface area (Å²) in [5, 5.41) is 10.2. The number of halogens is 1. The molecule has 1 N–H and O–H groups in total. The Hall–Kier alpha value is -0.780. The van der Waals surface area contributed by atoms with Gasteiger partial charge in [-0.15, -0.1) is 0 Å². The van der Waals surface area contributed by atoms with Crippen molar-refractivity contribution in [3.8, 4) is 11.5 Å². The van der Waals surface area contributed by atoms with E-state index in [4.69, 9.17) is 9.47 Å². The van der Waals surface area contributed by atoms with E-state index in [1.165, 1.54) is 11.1 Å². The third-order valence-electron chi connectivity index (χ3n) is 4.73. The highest BCUT2D eigenvalue weighted by molar-refractivity contribution is 9.10. The molecule has 1 aromatic rings. The van der Waals surface area contributed by atoms with Crippen molar-refractivity contribution in [1.29, 1.82) is 0 Å². The third-order valence-corrected chi connectivity index (χ3v) is 5.58. The summed E-state index contributed by atoms with van der Waals surface area (Å²) in [7, 11) is 1.60. The third kappa shape index (κ3) is 3.37. The van der Waals surface area contributed by atoms with E-state index in [0.717, 1.165) is 36.8 Å². The van der Waals surface area contributed by atoms with E-state index in [1.54, 1.807) is 7.11 Å². The number of phenols is 1. The standard InChI is InChI=1S/C18H26BrNO3/c1-18(2,3)23-11-5-6-14-13-9-15(22-4)17(21)16(19)12(13)7-8-20(14)10-11/h9,11,14,21H,5-8,10H2,1-4H3. The minimum Gasteiger partial charge on any atom is -0.503 e. The SMILES string of the molecule is COc1cc2c(c(Br)c1O)CCN1CC(OC(C)(C)C)CCC21. The van der Waals surface area contributed by atoms with Crippen LogP contribution in [-0.4, -0.2) is 41.9 Å². The number of phenolic OH excluding ortho intramolecular Hbond substituents is 1. The van der Waals surface area contributed by atoms with Crippen molar-refractivity contribution in [2.24, 2.45) is 0 Å². The van der Waals surface area contributed by atoms with Crippen molar-refractivity contribution in [3.05, 3.63) is 21.7 Å². The quantitative estimate of drug-likeness (QED) is 0.836. The van der Waals surface area contributed by atoms with Gasteiger partial charge in [-0.05, 0) is 73.2 Å². The van der Waals surface area contributed by atoms with Crippen LogP contribution in [0.4, 0.5) is 0 Å². The predicted octanol–water partition coefficient (Wildman–Crippen LogP) is 4.04. The maximum Gasteiger partial charge on any atom is 0.172 e. The van der Waals surface area contributed by atoms with E-state index in [-0.39, 0.29) is 11.4 Å². The molecule has 0 radical (unpaired) electrons. The minimum absolute atomic E-state index is 0.0940. The van der Waals surface area contributed by atoms with Gasteiger partial charge in [0.1, 0.15) is 0 Å². The first-order chi connectivity index (χ1) is 10.8. The molecule has 5 heteroatoms. The van der Waals surface area contributed by atoms with E-state index in [9.17, 15) is 5.11 Å². The maximum absolute atomic E-state index is 10.2. The zero-order chi connectivity index (χ0) is 16.8. The average molecular weight is 384 g/mol. The van der Waals surface area contributed by atoms with Gasteiger partial charge in [0, 0.05) is 19.1 Å². The molecule has 3 rings (SSSR count). The van der Waals surface area contributed by atoms with Gasteiger partial charge < -0.3 is 14.6 Å². The van der Waals surface area contributed by atoms with Gasteiger partial charge in [0.25, 0.3) is 0 Å². The zero-order valence-corrected chi connectivity index (χ0v) is 15.9. The Morgan fingerprint density at radius 2 is 2.04 bits per heavy atom. The van der Waals surface area contributed by atoms with Crippen LogP contribution < -0.4 is 4.74 Å². The Morgan fingerprint density at radius 3 is 2.70 bits per heavy atom. The molecule has 0 aromatic heterocycles. The maximum atomic E-state index is 10.2. The summed E-state index contributed by atoms with van der Waals surface area (Å²) in [5.74, 6) is 0.759. The highest BCUT2D eigenvalue weighted by Gasteiger charge is 2.36. The van der Waals surface area contributed by atoms with Gasteiger partial charge >= 0.3 is 0 Å². The molecule has 1 saturated heterocycles. The summed E-state index contributed by atoms with van der Waals surface area (Å²) in [6, 6.07) is 2.40. The molecule has 23 heavy (non-hydrogen) atoms. The smallest absolute Gasteiger partial charge is 0.172 e. The van der Waals surface area contributed by atoms with Crippen LogP contribution in [-0.2, 0) is 11.2 Å². The lowest BCUT2D eigenvalue weighted by Crippen LogP contribution is -2.47. The van der Waals surface area contributed by atoms with Gasteiger partial charge in [0.15, 0.2) is 11.5 Å². The summed E-state index contributed by atoms with van der Waals surface area (Å²) in [6.45, 7) is 8.34. The lowest BCUT2D eigenvalue weighted by Gasteiger charge is -2.45. The fourth-order valence-corrected chi connectivity index (χ4v) is 4.46. The average Bonchev–Trinajstić information content (AvgIpc) is 2.48. The zero-order valence-electron chi connectivity index (χ0n) is 14.4. The Kier molecular flexibility index (Phi) is 4.64. The van der Waals surface area contributed by atoms with Crippen LogP contribution in [0.25, 0.3) is 0 Å². The molecule has 0 aliphatic carbocycles. The fourth-order valence-electron chi connectivity index (χ4n) is 3.84. The van der Waals surface area contributed by atoms with E-state index in [2.05, 4.69) is 41.6 Å². The molecule has 2 atom stereocenters.